The standard InChI is InChI=1S/C28H30O11/c1-10(2)20-14(29)9-15(30)22-21(11(3)4)27(39-28(37)13-7-18(33)24(36)19(34)8-13)25(38-26(20)22)12-5-16(31)23(35)17(32)6-12/h5-11,21,25,27,29-36H,1-4H3/t21?,25-,27?/m1/s1. The van der Waals surface area contributed by atoms with Gasteiger partial charge in [-0.3, -0.25) is 0 Å². The Morgan fingerprint density at radius 3 is 1.74 bits per heavy atom. The predicted molar refractivity (Wildman–Crippen MR) is 137 cm³/mol. The lowest BCUT2D eigenvalue weighted by molar-refractivity contribution is -0.0404. The normalized spacial score (nSPS) is 18.6. The number of hydrogen-bond acceptors (Lipinski definition) is 11. The summed E-state index contributed by atoms with van der Waals surface area (Å²) in [5.41, 5.74) is 0.447. The summed E-state index contributed by atoms with van der Waals surface area (Å²) < 4.78 is 12.1. The number of rotatable bonds is 5. The van der Waals surface area contributed by atoms with Gasteiger partial charge in [-0.25, -0.2) is 4.79 Å². The molecule has 3 atom stereocenters. The summed E-state index contributed by atoms with van der Waals surface area (Å²) in [5, 5.41) is 81.3. The molecule has 1 aliphatic heterocycles. The monoisotopic (exact) mass is 542 g/mol. The van der Waals surface area contributed by atoms with E-state index in [9.17, 15) is 45.6 Å². The van der Waals surface area contributed by atoms with Crippen LogP contribution in [0.2, 0.25) is 0 Å². The molecule has 0 fully saturated rings. The van der Waals surface area contributed by atoms with Gasteiger partial charge in [0.2, 0.25) is 0 Å². The molecule has 2 unspecified atom stereocenters. The highest BCUT2D eigenvalue weighted by molar-refractivity contribution is 5.91. The van der Waals surface area contributed by atoms with Crippen LogP contribution in [0.15, 0.2) is 30.3 Å². The van der Waals surface area contributed by atoms with Crippen molar-refractivity contribution in [2.75, 3.05) is 0 Å². The summed E-state index contributed by atoms with van der Waals surface area (Å²) in [7, 11) is 0. The average molecular weight is 543 g/mol. The highest BCUT2D eigenvalue weighted by atomic mass is 16.6. The number of carbonyl (C=O) groups excluding carboxylic acids is 1. The maximum Gasteiger partial charge on any atom is 0.338 e. The van der Waals surface area contributed by atoms with Crippen LogP contribution in [0.5, 0.6) is 51.7 Å². The Morgan fingerprint density at radius 2 is 1.26 bits per heavy atom. The van der Waals surface area contributed by atoms with Crippen LogP contribution in [0, 0.1) is 5.92 Å². The van der Waals surface area contributed by atoms with Crippen LogP contribution >= 0.6 is 0 Å². The number of phenolic OH excluding ortho intramolecular Hbond substituents is 8. The van der Waals surface area contributed by atoms with Crippen LogP contribution in [-0.4, -0.2) is 52.9 Å². The van der Waals surface area contributed by atoms with Crippen molar-refractivity contribution in [1.29, 1.82) is 0 Å². The second kappa shape index (κ2) is 9.90. The number of hydrogen-bond donors (Lipinski definition) is 8. The first kappa shape index (κ1) is 27.4. The minimum atomic E-state index is -1.23. The Labute approximate surface area is 223 Å². The lowest BCUT2D eigenvalue weighted by atomic mass is 9.76. The van der Waals surface area contributed by atoms with E-state index in [0.717, 1.165) is 24.3 Å². The van der Waals surface area contributed by atoms with Gasteiger partial charge < -0.3 is 50.3 Å². The number of ether oxygens (including phenoxy) is 2. The van der Waals surface area contributed by atoms with E-state index in [2.05, 4.69) is 0 Å². The molecule has 1 aliphatic rings. The van der Waals surface area contributed by atoms with Crippen molar-refractivity contribution in [3.63, 3.8) is 0 Å². The lowest BCUT2D eigenvalue weighted by Crippen LogP contribution is -2.40. The fourth-order valence-corrected chi connectivity index (χ4v) is 5.03. The van der Waals surface area contributed by atoms with E-state index in [1.54, 1.807) is 0 Å². The summed E-state index contributed by atoms with van der Waals surface area (Å²) in [6.45, 7) is 7.23. The van der Waals surface area contributed by atoms with Crippen LogP contribution in [0.1, 0.15) is 72.7 Å². The zero-order valence-electron chi connectivity index (χ0n) is 21.6. The minimum absolute atomic E-state index is 0.103. The summed E-state index contributed by atoms with van der Waals surface area (Å²) in [5.74, 6) is -7.18. The second-order valence-electron chi connectivity index (χ2n) is 10.2. The van der Waals surface area contributed by atoms with Gasteiger partial charge in [0, 0.05) is 28.7 Å². The molecule has 3 aromatic carbocycles. The average Bonchev–Trinajstić information content (AvgIpc) is 2.84. The summed E-state index contributed by atoms with van der Waals surface area (Å²) >= 11 is 0. The van der Waals surface area contributed by atoms with Crippen LogP contribution in [0.25, 0.3) is 0 Å². The molecule has 11 nitrogen and oxygen atoms in total. The maximum absolute atomic E-state index is 13.3. The highest BCUT2D eigenvalue weighted by Crippen LogP contribution is 2.56. The quantitative estimate of drug-likeness (QED) is 0.166. The Balaban J connectivity index is 1.94. The van der Waals surface area contributed by atoms with Crippen molar-refractivity contribution >= 4 is 5.97 Å². The Morgan fingerprint density at radius 1 is 0.744 bits per heavy atom. The fourth-order valence-electron chi connectivity index (χ4n) is 5.03. The lowest BCUT2D eigenvalue weighted by Gasteiger charge is -2.42. The summed E-state index contributed by atoms with van der Waals surface area (Å²) in [6.07, 6.45) is -2.47. The van der Waals surface area contributed by atoms with Gasteiger partial charge in [-0.1, -0.05) is 27.7 Å². The number of aromatic hydroxyl groups is 8. The van der Waals surface area contributed by atoms with E-state index >= 15 is 0 Å². The zero-order valence-corrected chi connectivity index (χ0v) is 21.6. The van der Waals surface area contributed by atoms with E-state index in [-0.39, 0.29) is 45.8 Å². The zero-order chi connectivity index (χ0) is 28.9. The molecule has 0 spiro atoms. The summed E-state index contributed by atoms with van der Waals surface area (Å²) in [6, 6.07) is 5.23. The minimum Gasteiger partial charge on any atom is -0.507 e. The molecule has 0 radical (unpaired) electrons. The molecule has 0 saturated carbocycles. The molecule has 0 bridgehead atoms. The Hall–Kier alpha value is -4.67. The van der Waals surface area contributed by atoms with Crippen molar-refractivity contribution in [1.82, 2.24) is 0 Å². The fraction of sp³-hybridized carbons (Fsp3) is 0.321. The van der Waals surface area contributed by atoms with Gasteiger partial charge in [-0.2, -0.15) is 0 Å². The first-order chi connectivity index (χ1) is 18.2. The number of phenols is 8. The molecule has 8 N–H and O–H groups in total. The molecular formula is C28H30O11. The van der Waals surface area contributed by atoms with Gasteiger partial charge in [-0.05, 0) is 36.1 Å². The molecule has 0 saturated heterocycles. The first-order valence-electron chi connectivity index (χ1n) is 12.2. The van der Waals surface area contributed by atoms with Gasteiger partial charge in [0.05, 0.1) is 5.56 Å². The first-order valence-corrected chi connectivity index (χ1v) is 12.2. The molecule has 1 heterocycles. The van der Waals surface area contributed by atoms with Gasteiger partial charge in [0.1, 0.15) is 17.2 Å². The molecule has 0 amide bonds. The van der Waals surface area contributed by atoms with Gasteiger partial charge >= 0.3 is 5.97 Å². The van der Waals surface area contributed by atoms with E-state index < -0.39 is 58.6 Å². The van der Waals surface area contributed by atoms with Crippen LogP contribution in [0.3, 0.4) is 0 Å². The van der Waals surface area contributed by atoms with E-state index in [1.807, 2.05) is 27.7 Å². The van der Waals surface area contributed by atoms with Gasteiger partial charge in [0.15, 0.2) is 46.7 Å². The van der Waals surface area contributed by atoms with Gasteiger partial charge in [0.25, 0.3) is 0 Å². The number of esters is 1. The molecular weight excluding hydrogens is 512 g/mol. The topological polar surface area (TPSA) is 197 Å². The third kappa shape index (κ3) is 4.71. The Kier molecular flexibility index (Phi) is 6.94. The number of fused-ring (bicyclic) bond motifs is 1. The van der Waals surface area contributed by atoms with Crippen molar-refractivity contribution in [2.24, 2.45) is 5.92 Å². The Bertz CT molecular complexity index is 1400. The smallest absolute Gasteiger partial charge is 0.338 e. The molecule has 3 aromatic rings. The molecule has 4 rings (SSSR count). The summed E-state index contributed by atoms with van der Waals surface area (Å²) in [4.78, 5) is 13.3. The molecule has 39 heavy (non-hydrogen) atoms. The third-order valence-electron chi connectivity index (χ3n) is 6.81. The predicted octanol–water partition coefficient (Wildman–Crippen LogP) is 4.55. The number of benzene rings is 3. The highest BCUT2D eigenvalue weighted by Gasteiger charge is 2.47. The maximum atomic E-state index is 13.3. The third-order valence-corrected chi connectivity index (χ3v) is 6.81. The van der Waals surface area contributed by atoms with Crippen molar-refractivity contribution in [2.45, 2.75) is 51.7 Å². The van der Waals surface area contributed by atoms with Crippen LogP contribution in [0.4, 0.5) is 0 Å². The molecule has 0 aliphatic carbocycles. The van der Waals surface area contributed by atoms with Crippen LogP contribution < -0.4 is 4.74 Å². The van der Waals surface area contributed by atoms with E-state index in [1.165, 1.54) is 6.07 Å². The number of carbonyl (C=O) groups is 1. The van der Waals surface area contributed by atoms with Crippen molar-refractivity contribution < 1.29 is 55.1 Å². The second-order valence-corrected chi connectivity index (χ2v) is 10.2. The van der Waals surface area contributed by atoms with Crippen LogP contribution in [-0.2, 0) is 4.74 Å². The van der Waals surface area contributed by atoms with Gasteiger partial charge in [-0.15, -0.1) is 0 Å². The SMILES string of the molecule is CC(C)c1c(O)cc(O)c2c1O[C@H](c1cc(O)c(O)c(O)c1)C(OC(=O)c1cc(O)c(O)c(O)c1)C2C(C)C. The van der Waals surface area contributed by atoms with E-state index in [0.29, 0.717) is 5.56 Å². The molecule has 208 valence electrons. The molecule has 11 heteroatoms. The molecule has 0 aromatic heterocycles. The van der Waals surface area contributed by atoms with E-state index in [4.69, 9.17) is 9.47 Å². The van der Waals surface area contributed by atoms with Crippen molar-refractivity contribution in [3.8, 4) is 51.7 Å². The largest absolute Gasteiger partial charge is 0.507 e. The van der Waals surface area contributed by atoms with Crippen molar-refractivity contribution in [3.05, 3.63) is 52.6 Å².